The van der Waals surface area contributed by atoms with Crippen LogP contribution < -0.4 is 10.6 Å². The largest absolute Gasteiger partial charge is 0.411 e. The van der Waals surface area contributed by atoms with Crippen molar-refractivity contribution in [2.45, 2.75) is 19.5 Å². The maximum Gasteiger partial charge on any atom is 0.411 e. The maximum absolute atomic E-state index is 11.9. The Labute approximate surface area is 139 Å². The smallest absolute Gasteiger partial charge is 0.372 e. The molecule has 0 saturated carbocycles. The second kappa shape index (κ2) is 10.3. The molecule has 0 atom stereocenters. The number of amides is 3. The predicted molar refractivity (Wildman–Crippen MR) is 81.6 cm³/mol. The molecule has 3 amide bonds. The van der Waals surface area contributed by atoms with E-state index in [0.29, 0.717) is 45.7 Å². The van der Waals surface area contributed by atoms with Crippen LogP contribution in [0.25, 0.3) is 0 Å². The molecule has 140 valence electrons. The minimum absolute atomic E-state index is 0.0522. The lowest BCUT2D eigenvalue weighted by Gasteiger charge is -2.34. The summed E-state index contributed by atoms with van der Waals surface area (Å²) in [6.45, 7) is 4.07. The molecule has 0 aromatic carbocycles. The average Bonchev–Trinajstić information content (AvgIpc) is 2.52. The van der Waals surface area contributed by atoms with Gasteiger partial charge < -0.3 is 20.3 Å². The number of carbonyl (C=O) groups excluding carboxylic acids is 2. The molecule has 0 radical (unpaired) electrons. The molecule has 1 saturated heterocycles. The third-order valence-corrected chi connectivity index (χ3v) is 3.46. The van der Waals surface area contributed by atoms with Crippen LogP contribution in [0.5, 0.6) is 0 Å². The van der Waals surface area contributed by atoms with Crippen LogP contribution in [0.2, 0.25) is 0 Å². The van der Waals surface area contributed by atoms with Crippen molar-refractivity contribution in [2.24, 2.45) is 0 Å². The number of piperazine rings is 1. The first-order chi connectivity index (χ1) is 11.3. The fraction of sp³-hybridized carbons (Fsp3) is 0.857. The monoisotopic (exact) mass is 354 g/mol. The van der Waals surface area contributed by atoms with Crippen molar-refractivity contribution in [2.75, 3.05) is 59.0 Å². The Kier molecular flexibility index (Phi) is 8.83. The number of urea groups is 1. The summed E-state index contributed by atoms with van der Waals surface area (Å²) < 4.78 is 40.3. The lowest BCUT2D eigenvalue weighted by Crippen LogP contribution is -2.53. The molecule has 0 unspecified atom stereocenters. The SMILES string of the molecule is CCNC(=O)CNC(=O)N1CCN(CCCOCC(F)(F)F)CC1. The van der Waals surface area contributed by atoms with Crippen molar-refractivity contribution in [3.63, 3.8) is 0 Å². The summed E-state index contributed by atoms with van der Waals surface area (Å²) in [4.78, 5) is 26.9. The standard InChI is InChI=1S/C14H25F3N4O3/c1-2-18-12(22)10-19-13(23)21-7-5-20(6-8-21)4-3-9-24-11-14(15,16)17/h2-11H2,1H3,(H,18,22)(H,19,23). The Morgan fingerprint density at radius 3 is 2.38 bits per heavy atom. The number of likely N-dealkylation sites (N-methyl/N-ethyl adjacent to an activating group) is 1. The fourth-order valence-corrected chi connectivity index (χ4v) is 2.28. The Morgan fingerprint density at radius 1 is 1.12 bits per heavy atom. The first kappa shape index (κ1) is 20.5. The highest BCUT2D eigenvalue weighted by atomic mass is 19.4. The number of hydrogen-bond acceptors (Lipinski definition) is 4. The molecule has 0 aromatic rings. The van der Waals surface area contributed by atoms with Crippen molar-refractivity contribution >= 4 is 11.9 Å². The fourth-order valence-electron chi connectivity index (χ4n) is 2.28. The summed E-state index contributed by atoms with van der Waals surface area (Å²) in [6, 6.07) is -0.283. The number of hydrogen-bond donors (Lipinski definition) is 2. The molecule has 1 aliphatic rings. The number of nitrogens with zero attached hydrogens (tertiary/aromatic N) is 2. The van der Waals surface area contributed by atoms with E-state index < -0.39 is 12.8 Å². The summed E-state index contributed by atoms with van der Waals surface area (Å²) in [5.41, 5.74) is 0. The van der Waals surface area contributed by atoms with E-state index in [4.69, 9.17) is 0 Å². The van der Waals surface area contributed by atoms with Crippen molar-refractivity contribution in [3.05, 3.63) is 0 Å². The van der Waals surface area contributed by atoms with Crippen LogP contribution >= 0.6 is 0 Å². The van der Waals surface area contributed by atoms with E-state index in [0.717, 1.165) is 0 Å². The van der Waals surface area contributed by atoms with Crippen molar-refractivity contribution < 1.29 is 27.5 Å². The number of halogens is 3. The lowest BCUT2D eigenvalue weighted by atomic mass is 10.3. The van der Waals surface area contributed by atoms with Gasteiger partial charge in [0.2, 0.25) is 5.91 Å². The van der Waals surface area contributed by atoms with Gasteiger partial charge in [0.15, 0.2) is 0 Å². The lowest BCUT2D eigenvalue weighted by molar-refractivity contribution is -0.174. The summed E-state index contributed by atoms with van der Waals surface area (Å²) in [7, 11) is 0. The van der Waals surface area contributed by atoms with Gasteiger partial charge in [-0.3, -0.25) is 9.69 Å². The highest BCUT2D eigenvalue weighted by Gasteiger charge is 2.27. The van der Waals surface area contributed by atoms with E-state index in [1.165, 1.54) is 0 Å². The summed E-state index contributed by atoms with van der Waals surface area (Å²) in [6.07, 6.45) is -3.77. The highest BCUT2D eigenvalue weighted by molar-refractivity contribution is 5.83. The number of carbonyl (C=O) groups is 2. The number of nitrogens with one attached hydrogen (secondary N) is 2. The number of rotatable bonds is 8. The molecule has 7 nitrogen and oxygen atoms in total. The molecule has 0 aliphatic carbocycles. The van der Waals surface area contributed by atoms with Crippen LogP contribution in [0.1, 0.15) is 13.3 Å². The Morgan fingerprint density at radius 2 is 1.79 bits per heavy atom. The second-order valence-corrected chi connectivity index (χ2v) is 5.46. The minimum Gasteiger partial charge on any atom is -0.372 e. The van der Waals surface area contributed by atoms with Crippen LogP contribution in [0.15, 0.2) is 0 Å². The molecular formula is C14H25F3N4O3. The number of ether oxygens (including phenoxy) is 1. The molecule has 24 heavy (non-hydrogen) atoms. The summed E-state index contributed by atoms with van der Waals surface area (Å²) in [5.74, 6) is -0.233. The van der Waals surface area contributed by atoms with Gasteiger partial charge in [0, 0.05) is 45.9 Å². The van der Waals surface area contributed by atoms with E-state index >= 15 is 0 Å². The van der Waals surface area contributed by atoms with E-state index in [1.54, 1.807) is 11.8 Å². The Balaban J connectivity index is 2.11. The molecule has 0 aromatic heterocycles. The van der Waals surface area contributed by atoms with E-state index in [1.807, 2.05) is 0 Å². The molecule has 10 heteroatoms. The minimum atomic E-state index is -4.28. The van der Waals surface area contributed by atoms with E-state index in [-0.39, 0.29) is 25.1 Å². The van der Waals surface area contributed by atoms with E-state index in [9.17, 15) is 22.8 Å². The molecule has 1 rings (SSSR count). The van der Waals surface area contributed by atoms with Gasteiger partial charge in [-0.05, 0) is 13.3 Å². The van der Waals surface area contributed by atoms with Crippen molar-refractivity contribution in [1.82, 2.24) is 20.4 Å². The van der Waals surface area contributed by atoms with Crippen LogP contribution in [0.4, 0.5) is 18.0 Å². The van der Waals surface area contributed by atoms with Crippen molar-refractivity contribution in [3.8, 4) is 0 Å². The molecule has 1 aliphatic heterocycles. The zero-order valence-corrected chi connectivity index (χ0v) is 13.8. The average molecular weight is 354 g/mol. The highest BCUT2D eigenvalue weighted by Crippen LogP contribution is 2.14. The number of alkyl halides is 3. The van der Waals surface area contributed by atoms with Gasteiger partial charge in [-0.15, -0.1) is 0 Å². The molecule has 0 spiro atoms. The molecule has 0 bridgehead atoms. The van der Waals surface area contributed by atoms with Gasteiger partial charge in [0.1, 0.15) is 6.61 Å². The van der Waals surface area contributed by atoms with Crippen LogP contribution in [0.3, 0.4) is 0 Å². The predicted octanol–water partition coefficient (Wildman–Crippen LogP) is 0.419. The summed E-state index contributed by atoms with van der Waals surface area (Å²) in [5, 5.41) is 5.15. The second-order valence-electron chi connectivity index (χ2n) is 5.46. The van der Waals surface area contributed by atoms with Crippen LogP contribution in [-0.4, -0.2) is 86.9 Å². The maximum atomic E-state index is 11.9. The molecular weight excluding hydrogens is 329 g/mol. The van der Waals surface area contributed by atoms with Gasteiger partial charge in [-0.25, -0.2) is 4.79 Å². The normalized spacial score (nSPS) is 16.1. The van der Waals surface area contributed by atoms with E-state index in [2.05, 4.69) is 20.3 Å². The third kappa shape index (κ3) is 8.92. The molecule has 1 fully saturated rings. The quantitative estimate of drug-likeness (QED) is 0.620. The zero-order chi connectivity index (χ0) is 18.0. The Hall–Kier alpha value is -1.55. The molecule has 1 heterocycles. The molecule has 2 N–H and O–H groups in total. The van der Waals surface area contributed by atoms with Gasteiger partial charge in [-0.2, -0.15) is 13.2 Å². The van der Waals surface area contributed by atoms with Crippen LogP contribution in [-0.2, 0) is 9.53 Å². The van der Waals surface area contributed by atoms with Gasteiger partial charge in [0.25, 0.3) is 0 Å². The first-order valence-corrected chi connectivity index (χ1v) is 7.98. The van der Waals surface area contributed by atoms with Gasteiger partial charge in [-0.1, -0.05) is 0 Å². The Bertz CT molecular complexity index is 399. The summed E-state index contributed by atoms with van der Waals surface area (Å²) >= 11 is 0. The zero-order valence-electron chi connectivity index (χ0n) is 13.8. The van der Waals surface area contributed by atoms with Gasteiger partial charge >= 0.3 is 12.2 Å². The van der Waals surface area contributed by atoms with Gasteiger partial charge in [0.05, 0.1) is 6.54 Å². The topological polar surface area (TPSA) is 73.9 Å². The third-order valence-electron chi connectivity index (χ3n) is 3.46. The van der Waals surface area contributed by atoms with Crippen LogP contribution in [0, 0.1) is 0 Å². The first-order valence-electron chi connectivity index (χ1n) is 7.98. The van der Waals surface area contributed by atoms with Crippen molar-refractivity contribution in [1.29, 1.82) is 0 Å².